The Morgan fingerprint density at radius 2 is 1.90 bits per heavy atom. The maximum absolute atomic E-state index is 11.9. The molecule has 1 heterocycles. The molecule has 0 amide bonds. The molecule has 0 radical (unpaired) electrons. The first-order valence-electron chi connectivity index (χ1n) is 6.60. The SMILES string of the molecule is COc1ccc2cc(C=CC(=O)c3cccs3)ccc2c1. The van der Waals surface area contributed by atoms with E-state index in [-0.39, 0.29) is 5.78 Å². The van der Waals surface area contributed by atoms with Gasteiger partial charge in [-0.25, -0.2) is 0 Å². The van der Waals surface area contributed by atoms with Crippen LogP contribution in [-0.2, 0) is 0 Å². The molecule has 3 aromatic rings. The Balaban J connectivity index is 1.86. The third-order valence-corrected chi connectivity index (χ3v) is 4.15. The van der Waals surface area contributed by atoms with E-state index >= 15 is 0 Å². The molecule has 0 unspecified atom stereocenters. The Bertz CT molecular complexity index is 801. The van der Waals surface area contributed by atoms with Crippen LogP contribution >= 0.6 is 11.3 Å². The van der Waals surface area contributed by atoms with Crippen molar-refractivity contribution in [2.45, 2.75) is 0 Å². The van der Waals surface area contributed by atoms with Crippen molar-refractivity contribution in [1.29, 1.82) is 0 Å². The van der Waals surface area contributed by atoms with Crippen LogP contribution < -0.4 is 4.74 Å². The van der Waals surface area contributed by atoms with Gasteiger partial charge in [0.15, 0.2) is 5.78 Å². The Hall–Kier alpha value is -2.39. The van der Waals surface area contributed by atoms with Crippen molar-refractivity contribution in [3.8, 4) is 5.75 Å². The van der Waals surface area contributed by atoms with Gasteiger partial charge in [0.05, 0.1) is 12.0 Å². The lowest BCUT2D eigenvalue weighted by atomic mass is 10.1. The summed E-state index contributed by atoms with van der Waals surface area (Å²) in [6.07, 6.45) is 3.47. The summed E-state index contributed by atoms with van der Waals surface area (Å²) < 4.78 is 5.22. The Kier molecular flexibility index (Phi) is 3.84. The molecule has 0 bridgehead atoms. The van der Waals surface area contributed by atoms with Crippen molar-refractivity contribution in [3.63, 3.8) is 0 Å². The molecule has 104 valence electrons. The van der Waals surface area contributed by atoms with Crippen LogP contribution in [0.5, 0.6) is 5.75 Å². The molecule has 3 rings (SSSR count). The van der Waals surface area contributed by atoms with E-state index in [4.69, 9.17) is 4.74 Å². The molecular weight excluding hydrogens is 280 g/mol. The summed E-state index contributed by atoms with van der Waals surface area (Å²) in [6, 6.07) is 15.8. The Labute approximate surface area is 127 Å². The van der Waals surface area contributed by atoms with E-state index in [9.17, 15) is 4.79 Å². The number of rotatable bonds is 4. The van der Waals surface area contributed by atoms with Crippen molar-refractivity contribution >= 4 is 34.0 Å². The monoisotopic (exact) mass is 294 g/mol. The molecule has 0 saturated carbocycles. The molecule has 0 N–H and O–H groups in total. The number of benzene rings is 2. The molecule has 0 aliphatic carbocycles. The zero-order chi connectivity index (χ0) is 14.7. The maximum atomic E-state index is 11.9. The summed E-state index contributed by atoms with van der Waals surface area (Å²) in [6.45, 7) is 0. The standard InChI is InChI=1S/C18H14O2S/c1-20-16-8-7-14-11-13(4-6-15(14)12-16)5-9-17(19)18-3-2-10-21-18/h2-12H,1H3. The van der Waals surface area contributed by atoms with Crippen LogP contribution in [-0.4, -0.2) is 12.9 Å². The van der Waals surface area contributed by atoms with Crippen molar-refractivity contribution in [1.82, 2.24) is 0 Å². The fourth-order valence-corrected chi connectivity index (χ4v) is 2.79. The van der Waals surface area contributed by atoms with Crippen LogP contribution in [0.1, 0.15) is 15.2 Å². The highest BCUT2D eigenvalue weighted by atomic mass is 32.1. The van der Waals surface area contributed by atoms with E-state index in [1.165, 1.54) is 11.3 Å². The smallest absolute Gasteiger partial charge is 0.195 e. The van der Waals surface area contributed by atoms with Gasteiger partial charge in [0.2, 0.25) is 0 Å². The second-order valence-corrected chi connectivity index (χ2v) is 5.60. The molecule has 0 aliphatic heterocycles. The molecule has 3 heteroatoms. The summed E-state index contributed by atoms with van der Waals surface area (Å²) in [4.78, 5) is 12.7. The van der Waals surface area contributed by atoms with Gasteiger partial charge >= 0.3 is 0 Å². The van der Waals surface area contributed by atoms with Crippen molar-refractivity contribution in [3.05, 3.63) is 70.4 Å². The quantitative estimate of drug-likeness (QED) is 0.510. The van der Waals surface area contributed by atoms with E-state index in [2.05, 4.69) is 6.07 Å². The predicted octanol–water partition coefficient (Wildman–Crippen LogP) is 4.81. The number of carbonyl (C=O) groups is 1. The summed E-state index contributed by atoms with van der Waals surface area (Å²) in [5.74, 6) is 0.887. The van der Waals surface area contributed by atoms with Crippen molar-refractivity contribution < 1.29 is 9.53 Å². The number of thiophene rings is 1. The molecule has 2 aromatic carbocycles. The molecular formula is C18H14O2S. The van der Waals surface area contributed by atoms with E-state index < -0.39 is 0 Å². The fourth-order valence-electron chi connectivity index (χ4n) is 2.15. The first-order chi connectivity index (χ1) is 10.3. The van der Waals surface area contributed by atoms with Gasteiger partial charge in [0.1, 0.15) is 5.75 Å². The highest BCUT2D eigenvalue weighted by Crippen LogP contribution is 2.22. The lowest BCUT2D eigenvalue weighted by Gasteiger charge is -2.03. The number of allylic oxidation sites excluding steroid dienone is 1. The van der Waals surface area contributed by atoms with Crippen molar-refractivity contribution in [2.75, 3.05) is 7.11 Å². The van der Waals surface area contributed by atoms with Gasteiger partial charge in [-0.1, -0.05) is 30.3 Å². The third-order valence-electron chi connectivity index (χ3n) is 3.26. The summed E-state index contributed by atoms with van der Waals surface area (Å²) in [5, 5.41) is 4.16. The van der Waals surface area contributed by atoms with Crippen LogP contribution in [0.4, 0.5) is 0 Å². The summed E-state index contributed by atoms with van der Waals surface area (Å²) in [7, 11) is 1.66. The molecule has 0 aliphatic rings. The van der Waals surface area contributed by atoms with E-state index in [0.717, 1.165) is 27.0 Å². The first-order valence-corrected chi connectivity index (χ1v) is 7.48. The number of hydrogen-bond donors (Lipinski definition) is 0. The third kappa shape index (κ3) is 3.03. The highest BCUT2D eigenvalue weighted by molar-refractivity contribution is 7.12. The van der Waals surface area contributed by atoms with Gasteiger partial charge in [-0.15, -0.1) is 11.3 Å². The summed E-state index contributed by atoms with van der Waals surface area (Å²) >= 11 is 1.46. The molecule has 21 heavy (non-hydrogen) atoms. The zero-order valence-electron chi connectivity index (χ0n) is 11.6. The average Bonchev–Trinajstić information content (AvgIpc) is 3.06. The lowest BCUT2D eigenvalue weighted by Crippen LogP contribution is -1.88. The molecule has 1 aromatic heterocycles. The molecule has 0 saturated heterocycles. The van der Waals surface area contributed by atoms with Crippen LogP contribution in [0.15, 0.2) is 60.0 Å². The van der Waals surface area contributed by atoms with E-state index in [1.54, 1.807) is 13.2 Å². The van der Waals surface area contributed by atoms with Gasteiger partial charge in [-0.05, 0) is 52.1 Å². The number of hydrogen-bond acceptors (Lipinski definition) is 3. The zero-order valence-corrected chi connectivity index (χ0v) is 12.4. The molecule has 2 nitrogen and oxygen atoms in total. The van der Waals surface area contributed by atoms with Crippen LogP contribution in [0.3, 0.4) is 0 Å². The largest absolute Gasteiger partial charge is 0.497 e. The molecule has 0 atom stereocenters. The van der Waals surface area contributed by atoms with Gasteiger partial charge < -0.3 is 4.74 Å². The molecule has 0 spiro atoms. The second kappa shape index (κ2) is 5.94. The van der Waals surface area contributed by atoms with Crippen LogP contribution in [0.25, 0.3) is 16.8 Å². The fraction of sp³-hybridized carbons (Fsp3) is 0.0556. The number of methoxy groups -OCH3 is 1. The maximum Gasteiger partial charge on any atom is 0.195 e. The number of fused-ring (bicyclic) bond motifs is 1. The van der Waals surface area contributed by atoms with E-state index in [0.29, 0.717) is 0 Å². The Morgan fingerprint density at radius 3 is 2.67 bits per heavy atom. The minimum absolute atomic E-state index is 0.0415. The van der Waals surface area contributed by atoms with Crippen LogP contribution in [0, 0.1) is 0 Å². The Morgan fingerprint density at radius 1 is 1.10 bits per heavy atom. The molecule has 0 fully saturated rings. The number of carbonyl (C=O) groups excluding carboxylic acids is 1. The predicted molar refractivity (Wildman–Crippen MR) is 88.2 cm³/mol. The topological polar surface area (TPSA) is 26.3 Å². The minimum atomic E-state index is 0.0415. The van der Waals surface area contributed by atoms with Gasteiger partial charge in [-0.3, -0.25) is 4.79 Å². The summed E-state index contributed by atoms with van der Waals surface area (Å²) in [5.41, 5.74) is 1.01. The van der Waals surface area contributed by atoms with Gasteiger partial charge in [0.25, 0.3) is 0 Å². The van der Waals surface area contributed by atoms with E-state index in [1.807, 2.05) is 53.9 Å². The lowest BCUT2D eigenvalue weighted by molar-refractivity contribution is 0.105. The van der Waals surface area contributed by atoms with Gasteiger partial charge in [0, 0.05) is 0 Å². The van der Waals surface area contributed by atoms with Crippen molar-refractivity contribution in [2.24, 2.45) is 0 Å². The normalized spacial score (nSPS) is 11.1. The second-order valence-electron chi connectivity index (χ2n) is 4.65. The number of ketones is 1. The minimum Gasteiger partial charge on any atom is -0.497 e. The van der Waals surface area contributed by atoms with Crippen LogP contribution in [0.2, 0.25) is 0 Å². The average molecular weight is 294 g/mol. The number of ether oxygens (including phenoxy) is 1. The highest BCUT2D eigenvalue weighted by Gasteiger charge is 2.02. The first kappa shape index (κ1) is 13.6. The van der Waals surface area contributed by atoms with Gasteiger partial charge in [-0.2, -0.15) is 0 Å².